The molecule has 0 fully saturated rings. The molecular formula is C42H60O5. The topological polar surface area (TPSA) is 65.7 Å². The maximum absolute atomic E-state index is 11.2. The first-order chi connectivity index (χ1) is 21.7. The van der Waals surface area contributed by atoms with Gasteiger partial charge in [0.05, 0.1) is 30.4 Å². The summed E-state index contributed by atoms with van der Waals surface area (Å²) in [7, 11) is 0. The zero-order valence-corrected chi connectivity index (χ0v) is 31.2. The molecule has 0 atom stereocenters. The van der Waals surface area contributed by atoms with E-state index in [4.69, 9.17) is 13.9 Å². The van der Waals surface area contributed by atoms with Crippen LogP contribution in [0.5, 0.6) is 11.5 Å². The molecule has 258 valence electrons. The molecule has 0 aliphatic carbocycles. The van der Waals surface area contributed by atoms with Crippen LogP contribution in [0.25, 0.3) is 11.0 Å². The van der Waals surface area contributed by atoms with Crippen LogP contribution >= 0.6 is 0 Å². The van der Waals surface area contributed by atoms with Crippen LogP contribution in [0, 0.1) is 16.2 Å². The molecule has 1 aromatic heterocycles. The van der Waals surface area contributed by atoms with E-state index in [0.29, 0.717) is 40.2 Å². The number of aryl methyl sites for hydroxylation is 1. The fourth-order valence-corrected chi connectivity index (χ4v) is 3.54. The molecule has 5 heteroatoms. The van der Waals surface area contributed by atoms with Gasteiger partial charge in [-0.2, -0.15) is 0 Å². The van der Waals surface area contributed by atoms with Crippen LogP contribution < -0.4 is 14.9 Å². The highest BCUT2D eigenvalue weighted by atomic mass is 16.5. The predicted molar refractivity (Wildman–Crippen MR) is 199 cm³/mol. The number of carbonyl (C=O) groups excluding carboxylic acids is 1. The van der Waals surface area contributed by atoms with E-state index in [2.05, 4.69) is 95.2 Å². The third kappa shape index (κ3) is 21.5. The smallest absolute Gasteiger partial charge is 0.192 e. The van der Waals surface area contributed by atoms with Gasteiger partial charge in [0.25, 0.3) is 0 Å². The normalized spacial score (nSPS) is 13.1. The minimum absolute atomic E-state index is 0.00634. The molecule has 0 amide bonds. The molecule has 0 N–H and O–H groups in total. The second-order valence-electron chi connectivity index (χ2n) is 16.4. The summed E-state index contributed by atoms with van der Waals surface area (Å²) in [5.74, 6) is 1.99. The Morgan fingerprint density at radius 1 is 0.532 bits per heavy atom. The van der Waals surface area contributed by atoms with Crippen LogP contribution in [0.4, 0.5) is 0 Å². The van der Waals surface area contributed by atoms with Gasteiger partial charge in [0, 0.05) is 12.5 Å². The molecule has 0 unspecified atom stereocenters. The van der Waals surface area contributed by atoms with Crippen molar-refractivity contribution >= 4 is 16.8 Å². The number of hydrogen-bond acceptors (Lipinski definition) is 5. The molecule has 47 heavy (non-hydrogen) atoms. The van der Waals surface area contributed by atoms with Gasteiger partial charge in [0.1, 0.15) is 17.1 Å². The summed E-state index contributed by atoms with van der Waals surface area (Å²) in [5, 5.41) is 0.634. The van der Waals surface area contributed by atoms with Crippen LogP contribution in [0.2, 0.25) is 0 Å². The van der Waals surface area contributed by atoms with Crippen molar-refractivity contribution in [2.45, 2.75) is 102 Å². The first-order valence-corrected chi connectivity index (χ1v) is 16.6. The lowest BCUT2D eigenvalue weighted by Gasteiger charge is -2.15. The number of para-hydroxylation sites is 3. The van der Waals surface area contributed by atoms with Gasteiger partial charge < -0.3 is 13.9 Å². The first kappa shape index (κ1) is 41.2. The van der Waals surface area contributed by atoms with Crippen molar-refractivity contribution in [2.24, 2.45) is 16.2 Å². The molecule has 4 aromatic rings. The monoisotopic (exact) mass is 644 g/mol. The van der Waals surface area contributed by atoms with E-state index in [9.17, 15) is 9.59 Å². The highest BCUT2D eigenvalue weighted by Gasteiger charge is 2.16. The van der Waals surface area contributed by atoms with E-state index in [1.807, 2.05) is 42.5 Å². The van der Waals surface area contributed by atoms with E-state index in [1.54, 1.807) is 18.2 Å². The van der Waals surface area contributed by atoms with Gasteiger partial charge >= 0.3 is 0 Å². The maximum atomic E-state index is 11.2. The largest absolute Gasteiger partial charge is 0.493 e. The molecule has 0 radical (unpaired) electrons. The molecule has 0 saturated carbocycles. The number of ketones is 1. The average Bonchev–Trinajstić information content (AvgIpc) is 2.96. The van der Waals surface area contributed by atoms with Crippen LogP contribution in [0.1, 0.15) is 112 Å². The lowest BCUT2D eigenvalue weighted by Crippen LogP contribution is -2.14. The molecule has 5 nitrogen and oxygen atoms in total. The number of ether oxygens (including phenoxy) is 2. The van der Waals surface area contributed by atoms with E-state index >= 15 is 0 Å². The maximum Gasteiger partial charge on any atom is 0.192 e. The van der Waals surface area contributed by atoms with Crippen LogP contribution in [-0.4, -0.2) is 19.0 Å². The third-order valence-electron chi connectivity index (χ3n) is 5.16. The molecule has 2 aliphatic rings. The van der Waals surface area contributed by atoms with Crippen molar-refractivity contribution in [2.75, 3.05) is 13.2 Å². The Morgan fingerprint density at radius 3 is 1.57 bits per heavy atom. The third-order valence-corrected chi connectivity index (χ3v) is 5.16. The summed E-state index contributed by atoms with van der Waals surface area (Å²) in [6.07, 6.45) is 4.26. The Morgan fingerprint density at radius 2 is 1.02 bits per heavy atom. The summed E-state index contributed by atoms with van der Waals surface area (Å²) in [5.41, 5.74) is 4.22. The minimum atomic E-state index is 0.00634. The number of benzene rings is 3. The number of carbonyl (C=O) groups is 1. The molecule has 0 saturated heterocycles. The van der Waals surface area contributed by atoms with E-state index < -0.39 is 0 Å². The molecule has 0 spiro atoms. The molecule has 6 rings (SSSR count). The van der Waals surface area contributed by atoms with Crippen molar-refractivity contribution in [1.82, 2.24) is 0 Å². The Bertz CT molecular complexity index is 1450. The average molecular weight is 645 g/mol. The zero-order valence-electron chi connectivity index (χ0n) is 31.2. The van der Waals surface area contributed by atoms with Crippen molar-refractivity contribution < 1.29 is 18.7 Å². The Labute approximate surface area is 284 Å². The summed E-state index contributed by atoms with van der Waals surface area (Å²) in [6, 6.07) is 24.2. The summed E-state index contributed by atoms with van der Waals surface area (Å²) in [6.45, 7) is 27.7. The van der Waals surface area contributed by atoms with Gasteiger partial charge in [-0.1, -0.05) is 126 Å². The standard InChI is InChI=1S/C9H8O2.C9H6O2.C9H10O.3C5H12/c2*10-8-5-6-11-9-4-2-1-3-7(8)9;1-2-6-9-8(4-1)5-3-7-10-9;3*1-5(2,3)4/h1-4H,5-6H2;1-6H;1-2,4,6H,3,5,7H2;3*1-4H3. The Hall–Kier alpha value is -3.86. The fourth-order valence-electron chi connectivity index (χ4n) is 3.54. The van der Waals surface area contributed by atoms with Gasteiger partial charge in [0.2, 0.25) is 0 Å². The highest BCUT2D eigenvalue weighted by molar-refractivity contribution is 5.99. The van der Waals surface area contributed by atoms with Crippen molar-refractivity contribution in [3.05, 3.63) is 106 Å². The second kappa shape index (κ2) is 19.7. The van der Waals surface area contributed by atoms with E-state index in [1.165, 1.54) is 24.3 Å². The Balaban J connectivity index is 0.000000294. The summed E-state index contributed by atoms with van der Waals surface area (Å²) >= 11 is 0. The molecule has 2 aliphatic heterocycles. The quantitative estimate of drug-likeness (QED) is 0.191. The summed E-state index contributed by atoms with van der Waals surface area (Å²) < 4.78 is 15.8. The van der Waals surface area contributed by atoms with Crippen LogP contribution in [-0.2, 0) is 6.42 Å². The SMILES string of the molecule is CC(C)(C)C.CC(C)(C)C.CC(C)(C)C.O=C1CCOc2ccccc21.O=c1ccoc2ccccc12.c1ccc2c(c1)CCCO2. The van der Waals surface area contributed by atoms with Crippen molar-refractivity contribution in [1.29, 1.82) is 0 Å². The fraction of sp³-hybridized carbons (Fsp3) is 0.476. The van der Waals surface area contributed by atoms with Crippen LogP contribution in [0.3, 0.4) is 0 Å². The molecule has 0 bridgehead atoms. The molecular weight excluding hydrogens is 584 g/mol. The highest BCUT2D eigenvalue weighted by Crippen LogP contribution is 2.24. The molecule has 3 heterocycles. The van der Waals surface area contributed by atoms with Gasteiger partial charge in [-0.3, -0.25) is 9.59 Å². The number of Topliss-reactive ketones (excluding diaryl/α,β-unsaturated/α-hetero) is 1. The van der Waals surface area contributed by atoms with Crippen LogP contribution in [0.15, 0.2) is 94.3 Å². The minimum Gasteiger partial charge on any atom is -0.493 e. The summed E-state index contributed by atoms with van der Waals surface area (Å²) in [4.78, 5) is 22.3. The van der Waals surface area contributed by atoms with Gasteiger partial charge in [-0.05, 0) is 65.0 Å². The lowest BCUT2D eigenvalue weighted by molar-refractivity contribution is 0.0933. The second-order valence-corrected chi connectivity index (χ2v) is 16.4. The molecule has 3 aromatic carbocycles. The lowest BCUT2D eigenvalue weighted by atomic mass is 10.0. The van der Waals surface area contributed by atoms with Gasteiger partial charge in [0.15, 0.2) is 11.2 Å². The zero-order chi connectivity index (χ0) is 35.7. The van der Waals surface area contributed by atoms with Crippen molar-refractivity contribution in [3.8, 4) is 11.5 Å². The number of rotatable bonds is 0. The van der Waals surface area contributed by atoms with E-state index in [-0.39, 0.29) is 11.2 Å². The Kier molecular flexibility index (Phi) is 17.3. The van der Waals surface area contributed by atoms with E-state index in [0.717, 1.165) is 30.1 Å². The first-order valence-electron chi connectivity index (χ1n) is 16.6. The number of hydrogen-bond donors (Lipinski definition) is 0. The van der Waals surface area contributed by atoms with Gasteiger partial charge in [-0.15, -0.1) is 0 Å². The van der Waals surface area contributed by atoms with Crippen molar-refractivity contribution in [3.63, 3.8) is 0 Å². The number of fused-ring (bicyclic) bond motifs is 3. The van der Waals surface area contributed by atoms with Gasteiger partial charge in [-0.25, -0.2) is 0 Å². The predicted octanol–water partition coefficient (Wildman–Crippen LogP) is 11.6.